The van der Waals surface area contributed by atoms with Crippen LogP contribution in [-0.4, -0.2) is 16.2 Å². The SMILES string of the molecule is C=CCc1ccccc1OCc1nc2ccccc2n1CCCOc1ccccc1Cl. The van der Waals surface area contributed by atoms with E-state index < -0.39 is 0 Å². The molecule has 0 radical (unpaired) electrons. The van der Waals surface area contributed by atoms with Crippen molar-refractivity contribution >= 4 is 22.6 Å². The van der Waals surface area contributed by atoms with Crippen LogP contribution in [0.2, 0.25) is 5.02 Å². The van der Waals surface area contributed by atoms with Crippen LogP contribution in [0.3, 0.4) is 0 Å². The maximum absolute atomic E-state index is 6.18. The number of nitrogens with zero attached hydrogens (tertiary/aromatic N) is 2. The van der Waals surface area contributed by atoms with Gasteiger partial charge in [0.1, 0.15) is 23.9 Å². The van der Waals surface area contributed by atoms with Crippen LogP contribution in [-0.2, 0) is 19.6 Å². The number of aryl methyl sites for hydroxylation is 1. The average molecular weight is 433 g/mol. The highest BCUT2D eigenvalue weighted by Crippen LogP contribution is 2.24. The molecule has 1 aromatic heterocycles. The molecular weight excluding hydrogens is 408 g/mol. The normalized spacial score (nSPS) is 10.9. The molecule has 4 nitrogen and oxygen atoms in total. The Balaban J connectivity index is 1.47. The van der Waals surface area contributed by atoms with Gasteiger partial charge >= 0.3 is 0 Å². The molecule has 0 spiro atoms. The number of hydrogen-bond acceptors (Lipinski definition) is 3. The van der Waals surface area contributed by atoms with Crippen LogP contribution in [0.1, 0.15) is 17.8 Å². The third-order valence-electron chi connectivity index (χ3n) is 5.05. The zero-order valence-corrected chi connectivity index (χ0v) is 18.1. The van der Waals surface area contributed by atoms with E-state index in [0.29, 0.717) is 24.0 Å². The number of rotatable bonds is 10. The minimum atomic E-state index is 0.397. The highest BCUT2D eigenvalue weighted by molar-refractivity contribution is 6.32. The van der Waals surface area contributed by atoms with Gasteiger partial charge in [0, 0.05) is 6.54 Å². The molecule has 0 unspecified atom stereocenters. The van der Waals surface area contributed by atoms with E-state index in [9.17, 15) is 0 Å². The smallest absolute Gasteiger partial charge is 0.148 e. The molecule has 158 valence electrons. The summed E-state index contributed by atoms with van der Waals surface area (Å²) in [5.74, 6) is 2.47. The Morgan fingerprint density at radius 3 is 2.48 bits per heavy atom. The quantitative estimate of drug-likeness (QED) is 0.213. The molecule has 0 saturated heterocycles. The number of halogens is 1. The van der Waals surface area contributed by atoms with Crippen molar-refractivity contribution in [2.45, 2.75) is 26.0 Å². The fourth-order valence-corrected chi connectivity index (χ4v) is 3.75. The van der Waals surface area contributed by atoms with Crippen molar-refractivity contribution in [3.05, 3.63) is 102 Å². The number of imidazole rings is 1. The molecule has 3 aromatic carbocycles. The molecule has 0 bridgehead atoms. The predicted octanol–water partition coefficient (Wildman–Crippen LogP) is 6.47. The number of allylic oxidation sites excluding steroid dienone is 1. The Kier molecular flexibility index (Phi) is 6.90. The number of ether oxygens (including phenoxy) is 2. The van der Waals surface area contributed by atoms with E-state index >= 15 is 0 Å². The van der Waals surface area contributed by atoms with Crippen LogP contribution in [0.4, 0.5) is 0 Å². The summed E-state index contributed by atoms with van der Waals surface area (Å²) in [6.07, 6.45) is 3.48. The van der Waals surface area contributed by atoms with Gasteiger partial charge in [-0.2, -0.15) is 0 Å². The molecule has 4 rings (SSSR count). The first-order valence-electron chi connectivity index (χ1n) is 10.4. The van der Waals surface area contributed by atoms with Crippen molar-refractivity contribution < 1.29 is 9.47 Å². The Hall–Kier alpha value is -3.24. The lowest BCUT2D eigenvalue weighted by Gasteiger charge is -2.13. The molecule has 31 heavy (non-hydrogen) atoms. The predicted molar refractivity (Wildman–Crippen MR) is 126 cm³/mol. The summed E-state index contributed by atoms with van der Waals surface area (Å²) in [6, 6.07) is 23.7. The van der Waals surface area contributed by atoms with Crippen LogP contribution >= 0.6 is 11.6 Å². The molecule has 0 amide bonds. The van der Waals surface area contributed by atoms with Gasteiger partial charge in [0.2, 0.25) is 0 Å². The van der Waals surface area contributed by atoms with E-state index in [1.165, 1.54) is 0 Å². The van der Waals surface area contributed by atoms with Crippen molar-refractivity contribution in [3.63, 3.8) is 0 Å². The van der Waals surface area contributed by atoms with E-state index in [1.54, 1.807) is 0 Å². The molecule has 0 aliphatic carbocycles. The van der Waals surface area contributed by atoms with Crippen LogP contribution in [0.25, 0.3) is 11.0 Å². The van der Waals surface area contributed by atoms with Crippen LogP contribution in [0, 0.1) is 0 Å². The van der Waals surface area contributed by atoms with E-state index in [4.69, 9.17) is 26.1 Å². The van der Waals surface area contributed by atoms with Crippen molar-refractivity contribution in [2.75, 3.05) is 6.61 Å². The first kappa shape index (κ1) is 21.0. The molecule has 0 aliphatic rings. The second-order valence-electron chi connectivity index (χ2n) is 7.19. The lowest BCUT2D eigenvalue weighted by Crippen LogP contribution is -2.10. The minimum Gasteiger partial charge on any atom is -0.492 e. The van der Waals surface area contributed by atoms with Gasteiger partial charge in [0.05, 0.1) is 22.7 Å². The number of para-hydroxylation sites is 4. The van der Waals surface area contributed by atoms with Gasteiger partial charge in [-0.25, -0.2) is 4.98 Å². The van der Waals surface area contributed by atoms with Gasteiger partial charge in [0.15, 0.2) is 0 Å². The number of hydrogen-bond donors (Lipinski definition) is 0. The third kappa shape index (κ3) is 5.09. The van der Waals surface area contributed by atoms with Crippen molar-refractivity contribution in [1.82, 2.24) is 9.55 Å². The summed E-state index contributed by atoms with van der Waals surface area (Å²) in [5.41, 5.74) is 3.18. The Morgan fingerprint density at radius 2 is 1.65 bits per heavy atom. The molecule has 0 fully saturated rings. The number of benzene rings is 3. The Bertz CT molecular complexity index is 1170. The van der Waals surface area contributed by atoms with Crippen molar-refractivity contribution in [1.29, 1.82) is 0 Å². The molecule has 4 aromatic rings. The first-order chi connectivity index (χ1) is 15.3. The Morgan fingerprint density at radius 1 is 0.903 bits per heavy atom. The highest BCUT2D eigenvalue weighted by Gasteiger charge is 2.12. The Labute approximate surface area is 187 Å². The highest BCUT2D eigenvalue weighted by atomic mass is 35.5. The largest absolute Gasteiger partial charge is 0.492 e. The fraction of sp³-hybridized carbons (Fsp3) is 0.192. The molecule has 5 heteroatoms. The van der Waals surface area contributed by atoms with Crippen LogP contribution in [0.5, 0.6) is 11.5 Å². The van der Waals surface area contributed by atoms with Gasteiger partial charge in [-0.3, -0.25) is 0 Å². The number of aromatic nitrogens is 2. The lowest BCUT2D eigenvalue weighted by molar-refractivity contribution is 0.279. The molecular formula is C26H25ClN2O2. The summed E-state index contributed by atoms with van der Waals surface area (Å²) in [5, 5.41) is 0.628. The molecule has 0 aliphatic heterocycles. The zero-order chi connectivity index (χ0) is 21.5. The van der Waals surface area contributed by atoms with E-state index in [0.717, 1.165) is 47.6 Å². The summed E-state index contributed by atoms with van der Waals surface area (Å²) in [6.45, 7) is 5.58. The van der Waals surface area contributed by atoms with Gasteiger partial charge in [0.25, 0.3) is 0 Å². The molecule has 0 atom stereocenters. The number of fused-ring (bicyclic) bond motifs is 1. The fourth-order valence-electron chi connectivity index (χ4n) is 3.56. The second-order valence-corrected chi connectivity index (χ2v) is 7.60. The van der Waals surface area contributed by atoms with Gasteiger partial charge in [-0.1, -0.05) is 60.1 Å². The maximum Gasteiger partial charge on any atom is 0.148 e. The van der Waals surface area contributed by atoms with Gasteiger partial charge in [-0.15, -0.1) is 6.58 Å². The molecule has 0 saturated carbocycles. The summed E-state index contributed by atoms with van der Waals surface area (Å²) in [4.78, 5) is 4.81. The van der Waals surface area contributed by atoms with E-state index in [2.05, 4.69) is 23.3 Å². The topological polar surface area (TPSA) is 36.3 Å². The van der Waals surface area contributed by atoms with Gasteiger partial charge < -0.3 is 14.0 Å². The van der Waals surface area contributed by atoms with Crippen molar-refractivity contribution in [2.24, 2.45) is 0 Å². The lowest BCUT2D eigenvalue weighted by atomic mass is 10.1. The second kappa shape index (κ2) is 10.2. The average Bonchev–Trinajstić information content (AvgIpc) is 3.15. The summed E-state index contributed by atoms with van der Waals surface area (Å²) >= 11 is 6.18. The zero-order valence-electron chi connectivity index (χ0n) is 17.3. The van der Waals surface area contributed by atoms with Crippen LogP contribution < -0.4 is 9.47 Å². The van der Waals surface area contributed by atoms with Crippen molar-refractivity contribution in [3.8, 4) is 11.5 Å². The molecule has 0 N–H and O–H groups in total. The van der Waals surface area contributed by atoms with Gasteiger partial charge in [-0.05, 0) is 48.7 Å². The standard InChI is InChI=1S/C26H25ClN2O2/c1-2-10-20-11-3-7-15-24(20)31-19-26-28-22-13-5-6-14-23(22)29(26)17-9-18-30-25-16-8-4-12-21(25)27/h2-8,11-16H,1,9-10,17-19H2. The summed E-state index contributed by atoms with van der Waals surface area (Å²) in [7, 11) is 0. The minimum absolute atomic E-state index is 0.397. The molecule has 1 heterocycles. The monoisotopic (exact) mass is 432 g/mol. The maximum atomic E-state index is 6.18. The first-order valence-corrected chi connectivity index (χ1v) is 10.8. The third-order valence-corrected chi connectivity index (χ3v) is 5.36. The van der Waals surface area contributed by atoms with Crippen LogP contribution in [0.15, 0.2) is 85.5 Å². The van der Waals surface area contributed by atoms with E-state index in [-0.39, 0.29) is 0 Å². The summed E-state index contributed by atoms with van der Waals surface area (Å²) < 4.78 is 14.2. The van der Waals surface area contributed by atoms with E-state index in [1.807, 2.05) is 66.7 Å².